The van der Waals surface area contributed by atoms with Crippen LogP contribution in [0.25, 0.3) is 11.1 Å². The van der Waals surface area contributed by atoms with Crippen LogP contribution in [0.1, 0.15) is 58.8 Å². The molecule has 0 saturated heterocycles. The topological polar surface area (TPSA) is 27.7 Å². The molecule has 2 rings (SSSR count). The normalized spacial score (nSPS) is 12.2. The molecule has 0 bridgehead atoms. The smallest absolute Gasteiger partial charge is 0.131 e. The van der Waals surface area contributed by atoms with Gasteiger partial charge in [0.05, 0.1) is 26.4 Å². The van der Waals surface area contributed by atoms with Crippen molar-refractivity contribution in [1.29, 1.82) is 0 Å². The highest BCUT2D eigenvalue weighted by molar-refractivity contribution is 5.70. The molecule has 3 nitrogen and oxygen atoms in total. The van der Waals surface area contributed by atoms with Crippen molar-refractivity contribution in [3.05, 3.63) is 53.3 Å². The zero-order chi connectivity index (χ0) is 22.0. The minimum Gasteiger partial charge on any atom is -0.497 e. The van der Waals surface area contributed by atoms with E-state index in [1.54, 1.807) is 26.4 Å². The Morgan fingerprint density at radius 3 is 2.17 bits per heavy atom. The van der Waals surface area contributed by atoms with Crippen molar-refractivity contribution in [2.75, 3.05) is 27.4 Å². The first-order valence-electron chi connectivity index (χ1n) is 10.4. The molecule has 0 aliphatic rings. The third-order valence-corrected chi connectivity index (χ3v) is 4.63. The summed E-state index contributed by atoms with van der Waals surface area (Å²) in [6, 6.07) is 11.0. The molecule has 2 aromatic rings. The van der Waals surface area contributed by atoms with Gasteiger partial charge in [0.1, 0.15) is 11.6 Å². The van der Waals surface area contributed by atoms with Crippen molar-refractivity contribution in [1.82, 2.24) is 0 Å². The Kier molecular flexibility index (Phi) is 10.3. The summed E-state index contributed by atoms with van der Waals surface area (Å²) in [7, 11) is 3.24. The van der Waals surface area contributed by atoms with Crippen LogP contribution in [-0.2, 0) is 15.9 Å². The van der Waals surface area contributed by atoms with E-state index in [0.717, 1.165) is 17.5 Å². The maximum Gasteiger partial charge on any atom is 0.131 e. The fourth-order valence-electron chi connectivity index (χ4n) is 3.19. The highest BCUT2D eigenvalue weighted by Gasteiger charge is 2.30. The minimum atomic E-state index is -0.272. The summed E-state index contributed by atoms with van der Waals surface area (Å²) in [5.41, 5.74) is 3.38. The first-order chi connectivity index (χ1) is 13.8. The van der Waals surface area contributed by atoms with E-state index >= 15 is 0 Å². The highest BCUT2D eigenvalue weighted by Crippen LogP contribution is 2.42. The number of halogens is 1. The average molecular weight is 405 g/mol. The Hall–Kier alpha value is -1.91. The molecular formula is C25H37FO3. The van der Waals surface area contributed by atoms with Gasteiger partial charge in [-0.1, -0.05) is 59.7 Å². The van der Waals surface area contributed by atoms with Crippen LogP contribution >= 0.6 is 0 Å². The van der Waals surface area contributed by atoms with Gasteiger partial charge >= 0.3 is 0 Å². The zero-order valence-corrected chi connectivity index (χ0v) is 19.3. The van der Waals surface area contributed by atoms with E-state index in [1.165, 1.54) is 11.6 Å². The molecular weight excluding hydrogens is 367 g/mol. The molecule has 0 radical (unpaired) electrons. The third kappa shape index (κ3) is 6.83. The Morgan fingerprint density at radius 1 is 0.931 bits per heavy atom. The van der Waals surface area contributed by atoms with E-state index < -0.39 is 0 Å². The Labute approximate surface area is 176 Å². The van der Waals surface area contributed by atoms with Gasteiger partial charge in [-0.15, -0.1) is 0 Å². The summed E-state index contributed by atoms with van der Waals surface area (Å²) >= 11 is 0. The molecule has 0 fully saturated rings. The molecule has 1 unspecified atom stereocenters. The van der Waals surface area contributed by atoms with Crippen molar-refractivity contribution < 1.29 is 18.6 Å². The van der Waals surface area contributed by atoms with Crippen molar-refractivity contribution in [3.8, 4) is 16.9 Å². The SMILES string of the molecule is CC.CCc1ccc(-c2cc(OC)ccc2F)c(C(OCCOC)C(C)(C)C)c1. The van der Waals surface area contributed by atoms with Crippen LogP contribution in [0.3, 0.4) is 0 Å². The fraction of sp³-hybridized carbons (Fsp3) is 0.520. The Bertz CT molecular complexity index is 750. The first kappa shape index (κ1) is 25.1. The predicted octanol–water partition coefficient (Wildman–Crippen LogP) is 6.84. The van der Waals surface area contributed by atoms with Crippen LogP contribution in [0.4, 0.5) is 4.39 Å². The minimum absolute atomic E-state index is 0.163. The molecule has 0 aliphatic carbocycles. The maximum absolute atomic E-state index is 14.7. The molecule has 0 heterocycles. The molecule has 2 aromatic carbocycles. The lowest BCUT2D eigenvalue weighted by Gasteiger charge is -2.33. The molecule has 1 atom stereocenters. The molecule has 0 spiro atoms. The lowest BCUT2D eigenvalue weighted by Crippen LogP contribution is -2.24. The summed E-state index contributed by atoms with van der Waals surface area (Å²) in [6.45, 7) is 13.5. The molecule has 162 valence electrons. The lowest BCUT2D eigenvalue weighted by atomic mass is 9.80. The zero-order valence-electron chi connectivity index (χ0n) is 19.3. The summed E-state index contributed by atoms with van der Waals surface area (Å²) in [5, 5.41) is 0. The van der Waals surface area contributed by atoms with Crippen LogP contribution in [-0.4, -0.2) is 27.4 Å². The van der Waals surface area contributed by atoms with Crippen molar-refractivity contribution in [3.63, 3.8) is 0 Å². The Balaban J connectivity index is 0.00000204. The van der Waals surface area contributed by atoms with Crippen LogP contribution in [0.5, 0.6) is 5.75 Å². The lowest BCUT2D eigenvalue weighted by molar-refractivity contribution is -0.0390. The fourth-order valence-corrected chi connectivity index (χ4v) is 3.19. The molecule has 0 saturated carbocycles. The number of rotatable bonds is 8. The number of hydrogen-bond acceptors (Lipinski definition) is 3. The van der Waals surface area contributed by atoms with E-state index in [4.69, 9.17) is 14.2 Å². The summed E-state index contributed by atoms with van der Waals surface area (Å²) in [5.74, 6) is 0.357. The summed E-state index contributed by atoms with van der Waals surface area (Å²) in [6.07, 6.45) is 0.711. The molecule has 4 heteroatoms. The van der Waals surface area contributed by atoms with Crippen LogP contribution < -0.4 is 4.74 Å². The first-order valence-corrected chi connectivity index (χ1v) is 10.4. The Morgan fingerprint density at radius 2 is 1.62 bits per heavy atom. The van der Waals surface area contributed by atoms with Gasteiger partial charge in [0.25, 0.3) is 0 Å². The molecule has 0 N–H and O–H groups in total. The van der Waals surface area contributed by atoms with E-state index in [1.807, 2.05) is 26.0 Å². The number of hydrogen-bond donors (Lipinski definition) is 0. The number of methoxy groups -OCH3 is 2. The van der Waals surface area contributed by atoms with Gasteiger partial charge in [-0.05, 0) is 46.7 Å². The molecule has 0 aromatic heterocycles. The van der Waals surface area contributed by atoms with Crippen LogP contribution in [0.15, 0.2) is 36.4 Å². The van der Waals surface area contributed by atoms with E-state index in [9.17, 15) is 4.39 Å². The monoisotopic (exact) mass is 404 g/mol. The third-order valence-electron chi connectivity index (χ3n) is 4.63. The van der Waals surface area contributed by atoms with Gasteiger partial charge in [-0.3, -0.25) is 0 Å². The van der Waals surface area contributed by atoms with Gasteiger partial charge in [0.15, 0.2) is 0 Å². The highest BCUT2D eigenvalue weighted by atomic mass is 19.1. The number of aryl methyl sites for hydroxylation is 1. The summed E-state index contributed by atoms with van der Waals surface area (Å²) < 4.78 is 31.4. The summed E-state index contributed by atoms with van der Waals surface area (Å²) in [4.78, 5) is 0. The van der Waals surface area contributed by atoms with Gasteiger partial charge in [-0.2, -0.15) is 0 Å². The predicted molar refractivity (Wildman–Crippen MR) is 119 cm³/mol. The second kappa shape index (κ2) is 11.9. The second-order valence-corrected chi connectivity index (χ2v) is 7.73. The standard InChI is InChI=1S/C23H31FO3.C2H6/c1-7-16-8-10-18(19-15-17(26-6)9-11-21(19)24)20(14-16)22(23(2,3)4)27-13-12-25-5;1-2/h8-11,14-15,22H,7,12-13H2,1-6H3;1-2H3. The van der Waals surface area contributed by atoms with E-state index in [2.05, 4.69) is 33.8 Å². The average Bonchev–Trinajstić information content (AvgIpc) is 2.72. The maximum atomic E-state index is 14.7. The molecule has 0 amide bonds. The quantitative estimate of drug-likeness (QED) is 0.451. The van der Waals surface area contributed by atoms with E-state index in [0.29, 0.717) is 24.5 Å². The van der Waals surface area contributed by atoms with Crippen molar-refractivity contribution in [2.45, 2.75) is 54.1 Å². The van der Waals surface area contributed by atoms with Crippen LogP contribution in [0.2, 0.25) is 0 Å². The molecule has 0 aliphatic heterocycles. The van der Waals surface area contributed by atoms with Gasteiger partial charge < -0.3 is 14.2 Å². The van der Waals surface area contributed by atoms with Crippen molar-refractivity contribution >= 4 is 0 Å². The largest absolute Gasteiger partial charge is 0.497 e. The second-order valence-electron chi connectivity index (χ2n) is 7.73. The van der Waals surface area contributed by atoms with Gasteiger partial charge in [0.2, 0.25) is 0 Å². The van der Waals surface area contributed by atoms with E-state index in [-0.39, 0.29) is 17.3 Å². The number of ether oxygens (including phenoxy) is 3. The van der Waals surface area contributed by atoms with Gasteiger partial charge in [0, 0.05) is 12.7 Å². The number of benzene rings is 2. The van der Waals surface area contributed by atoms with Crippen molar-refractivity contribution in [2.24, 2.45) is 5.41 Å². The molecule has 29 heavy (non-hydrogen) atoms. The van der Waals surface area contributed by atoms with Crippen LogP contribution in [0, 0.1) is 11.2 Å². The van der Waals surface area contributed by atoms with Gasteiger partial charge in [-0.25, -0.2) is 4.39 Å².